The van der Waals surface area contributed by atoms with Crippen LogP contribution in [0, 0.1) is 0 Å². The van der Waals surface area contributed by atoms with E-state index in [-0.39, 0.29) is 17.8 Å². The zero-order valence-corrected chi connectivity index (χ0v) is 15.6. The number of aliphatic carboxylic acids is 1. The number of ether oxygens (including phenoxy) is 2. The van der Waals surface area contributed by atoms with Crippen molar-refractivity contribution in [2.45, 2.75) is 6.42 Å². The first-order valence-corrected chi connectivity index (χ1v) is 8.70. The van der Waals surface area contributed by atoms with Gasteiger partial charge in [0, 0.05) is 11.1 Å². The summed E-state index contributed by atoms with van der Waals surface area (Å²) >= 11 is 0. The van der Waals surface area contributed by atoms with E-state index in [0.29, 0.717) is 22.6 Å². The van der Waals surface area contributed by atoms with Crippen LogP contribution in [-0.4, -0.2) is 31.1 Å². The molecule has 5 nitrogen and oxygen atoms in total. The van der Waals surface area contributed by atoms with Gasteiger partial charge in [-0.25, -0.2) is 0 Å². The predicted octanol–water partition coefficient (Wildman–Crippen LogP) is 4.23. The lowest BCUT2D eigenvalue weighted by Crippen LogP contribution is -2.10. The molecule has 3 aromatic rings. The molecule has 0 radical (unpaired) electrons. The lowest BCUT2D eigenvalue weighted by atomic mass is 9.94. The lowest BCUT2D eigenvalue weighted by Gasteiger charge is -2.14. The number of carbonyl (C=O) groups excluding carboxylic acids is 1. The molecule has 3 rings (SSSR count). The Bertz CT molecular complexity index is 992. The van der Waals surface area contributed by atoms with Gasteiger partial charge in [-0.2, -0.15) is 0 Å². The molecular weight excluding hydrogens is 356 g/mol. The Morgan fingerprint density at radius 1 is 0.821 bits per heavy atom. The summed E-state index contributed by atoms with van der Waals surface area (Å²) in [4.78, 5) is 24.3. The number of ketones is 1. The molecule has 0 aliphatic rings. The molecule has 28 heavy (non-hydrogen) atoms. The maximum absolute atomic E-state index is 13.1. The Hall–Kier alpha value is -3.60. The molecule has 0 aliphatic heterocycles. The molecule has 0 spiro atoms. The van der Waals surface area contributed by atoms with Crippen LogP contribution in [0.1, 0.15) is 21.5 Å². The van der Waals surface area contributed by atoms with Crippen LogP contribution < -0.4 is 9.47 Å². The summed E-state index contributed by atoms with van der Waals surface area (Å²) in [6.07, 6.45) is -0.288. The highest BCUT2D eigenvalue weighted by Gasteiger charge is 2.20. The van der Waals surface area contributed by atoms with Gasteiger partial charge in [0.1, 0.15) is 0 Å². The van der Waals surface area contributed by atoms with E-state index < -0.39 is 5.97 Å². The Kier molecular flexibility index (Phi) is 5.75. The van der Waals surface area contributed by atoms with E-state index in [4.69, 9.17) is 9.47 Å². The molecule has 142 valence electrons. The molecule has 0 aliphatic carbocycles. The number of carboxylic acids is 1. The second kappa shape index (κ2) is 8.39. The molecule has 1 N–H and O–H groups in total. The first kappa shape index (κ1) is 19.2. The smallest absolute Gasteiger partial charge is 0.307 e. The van der Waals surface area contributed by atoms with Crippen molar-refractivity contribution in [1.29, 1.82) is 0 Å². The number of methoxy groups -OCH3 is 2. The first-order valence-electron chi connectivity index (χ1n) is 8.70. The van der Waals surface area contributed by atoms with Gasteiger partial charge in [-0.1, -0.05) is 54.6 Å². The molecule has 0 saturated carbocycles. The zero-order valence-electron chi connectivity index (χ0n) is 15.6. The van der Waals surface area contributed by atoms with Gasteiger partial charge < -0.3 is 14.6 Å². The van der Waals surface area contributed by atoms with Gasteiger partial charge in [0.25, 0.3) is 0 Å². The predicted molar refractivity (Wildman–Crippen MR) is 106 cm³/mol. The summed E-state index contributed by atoms with van der Waals surface area (Å²) in [5.41, 5.74) is 3.18. The highest BCUT2D eigenvalue weighted by molar-refractivity contribution is 6.11. The summed E-state index contributed by atoms with van der Waals surface area (Å²) in [5, 5.41) is 9.21. The van der Waals surface area contributed by atoms with Gasteiger partial charge in [-0.3, -0.25) is 9.59 Å². The summed E-state index contributed by atoms with van der Waals surface area (Å²) < 4.78 is 10.5. The van der Waals surface area contributed by atoms with E-state index in [1.807, 2.05) is 42.5 Å². The third kappa shape index (κ3) is 4.04. The average Bonchev–Trinajstić information content (AvgIpc) is 2.73. The van der Waals surface area contributed by atoms with Crippen LogP contribution in [0.15, 0.2) is 66.7 Å². The largest absolute Gasteiger partial charge is 0.493 e. The van der Waals surface area contributed by atoms with Crippen LogP contribution in [0.2, 0.25) is 0 Å². The van der Waals surface area contributed by atoms with Crippen molar-refractivity contribution >= 4 is 11.8 Å². The van der Waals surface area contributed by atoms with Crippen molar-refractivity contribution < 1.29 is 24.2 Å². The minimum absolute atomic E-state index is 0.267. The Balaban J connectivity index is 2.00. The average molecular weight is 376 g/mol. The van der Waals surface area contributed by atoms with E-state index in [2.05, 4.69) is 0 Å². The van der Waals surface area contributed by atoms with Crippen molar-refractivity contribution in [2.24, 2.45) is 0 Å². The summed E-state index contributed by atoms with van der Waals surface area (Å²) in [6, 6.07) is 20.2. The van der Waals surface area contributed by atoms with E-state index >= 15 is 0 Å². The van der Waals surface area contributed by atoms with Gasteiger partial charge in [-0.05, 0) is 28.8 Å². The minimum Gasteiger partial charge on any atom is -0.493 e. The van der Waals surface area contributed by atoms with E-state index in [9.17, 15) is 14.7 Å². The quantitative estimate of drug-likeness (QED) is 0.625. The van der Waals surface area contributed by atoms with Crippen molar-refractivity contribution in [2.75, 3.05) is 14.2 Å². The van der Waals surface area contributed by atoms with Crippen LogP contribution in [0.25, 0.3) is 11.1 Å². The normalized spacial score (nSPS) is 10.4. The number of rotatable bonds is 7. The van der Waals surface area contributed by atoms with Gasteiger partial charge in [0.15, 0.2) is 17.3 Å². The second-order valence-corrected chi connectivity index (χ2v) is 6.21. The summed E-state index contributed by atoms with van der Waals surface area (Å²) in [5.74, 6) is -0.534. The van der Waals surface area contributed by atoms with E-state index in [0.717, 1.165) is 11.1 Å². The fourth-order valence-corrected chi connectivity index (χ4v) is 3.04. The van der Waals surface area contributed by atoms with Crippen LogP contribution in [0.4, 0.5) is 0 Å². The second-order valence-electron chi connectivity index (χ2n) is 6.21. The van der Waals surface area contributed by atoms with Crippen LogP contribution in [-0.2, 0) is 11.2 Å². The Labute approximate surface area is 163 Å². The molecule has 0 fully saturated rings. The van der Waals surface area contributed by atoms with E-state index in [1.165, 1.54) is 20.3 Å². The molecule has 0 amide bonds. The fraction of sp³-hybridized carbons (Fsp3) is 0.130. The van der Waals surface area contributed by atoms with Crippen LogP contribution in [0.5, 0.6) is 11.5 Å². The van der Waals surface area contributed by atoms with Crippen molar-refractivity contribution in [3.63, 3.8) is 0 Å². The van der Waals surface area contributed by atoms with Crippen molar-refractivity contribution in [3.8, 4) is 22.6 Å². The van der Waals surface area contributed by atoms with Gasteiger partial charge in [0.2, 0.25) is 0 Å². The molecule has 0 saturated heterocycles. The highest BCUT2D eigenvalue weighted by atomic mass is 16.5. The van der Waals surface area contributed by atoms with Gasteiger partial charge in [0.05, 0.1) is 20.6 Å². The lowest BCUT2D eigenvalue weighted by molar-refractivity contribution is -0.136. The molecule has 3 aromatic carbocycles. The summed E-state index contributed by atoms with van der Waals surface area (Å²) in [7, 11) is 2.93. The topological polar surface area (TPSA) is 72.8 Å². The van der Waals surface area contributed by atoms with Crippen LogP contribution >= 0.6 is 0 Å². The molecule has 0 aromatic heterocycles. The monoisotopic (exact) mass is 376 g/mol. The molecule has 0 heterocycles. The zero-order chi connectivity index (χ0) is 20.1. The third-order valence-electron chi connectivity index (χ3n) is 4.45. The first-order chi connectivity index (χ1) is 13.5. The van der Waals surface area contributed by atoms with Crippen molar-refractivity contribution in [1.82, 2.24) is 0 Å². The summed E-state index contributed by atoms with van der Waals surface area (Å²) in [6.45, 7) is 0. The fourth-order valence-electron chi connectivity index (χ4n) is 3.04. The highest BCUT2D eigenvalue weighted by Crippen LogP contribution is 2.32. The third-order valence-corrected chi connectivity index (χ3v) is 4.45. The number of carboxylic acid groups (broad SMARTS) is 1. The Morgan fingerprint density at radius 2 is 1.39 bits per heavy atom. The van der Waals surface area contributed by atoms with Gasteiger partial charge in [-0.15, -0.1) is 0 Å². The molecule has 0 atom stereocenters. The molecule has 5 heteroatoms. The maximum atomic E-state index is 13.1. The number of hydrogen-bond acceptors (Lipinski definition) is 4. The number of hydrogen-bond donors (Lipinski definition) is 1. The SMILES string of the molecule is COc1cc(CC(=O)O)c(C(=O)c2ccc(-c3ccccc3)cc2)cc1OC. The number of carbonyl (C=O) groups is 2. The minimum atomic E-state index is -1.03. The molecule has 0 unspecified atom stereocenters. The van der Waals surface area contributed by atoms with Crippen LogP contribution in [0.3, 0.4) is 0 Å². The van der Waals surface area contributed by atoms with Crippen molar-refractivity contribution in [3.05, 3.63) is 83.4 Å². The molecule has 0 bridgehead atoms. The van der Waals surface area contributed by atoms with E-state index in [1.54, 1.807) is 18.2 Å². The number of benzene rings is 3. The Morgan fingerprint density at radius 3 is 1.96 bits per heavy atom. The van der Waals surface area contributed by atoms with Gasteiger partial charge >= 0.3 is 5.97 Å². The molecular formula is C23H20O5. The standard InChI is InChI=1S/C23H20O5/c1-27-20-12-18(13-22(24)25)19(14-21(20)28-2)23(26)17-10-8-16(9-11-17)15-6-4-3-5-7-15/h3-12,14H,13H2,1-2H3,(H,24,25). The maximum Gasteiger partial charge on any atom is 0.307 e.